The number of ether oxygens (including phenoxy) is 1. The largest absolute Gasteiger partial charge is 0.379 e. The van der Waals surface area contributed by atoms with Crippen LogP contribution in [0.15, 0.2) is 16.8 Å². The fourth-order valence-electron chi connectivity index (χ4n) is 3.09. The molecule has 0 N–H and O–H groups in total. The number of nitrogens with zero attached hydrogens (tertiary/aromatic N) is 2. The van der Waals surface area contributed by atoms with Crippen molar-refractivity contribution in [3.05, 3.63) is 22.4 Å². The lowest BCUT2D eigenvalue weighted by atomic mass is 10.0. The van der Waals surface area contributed by atoms with Crippen LogP contribution in [0.25, 0.3) is 0 Å². The van der Waals surface area contributed by atoms with E-state index in [1.165, 1.54) is 6.42 Å². The lowest BCUT2D eigenvalue weighted by Gasteiger charge is -2.39. The smallest absolute Gasteiger partial charge is 0.254 e. The van der Waals surface area contributed by atoms with E-state index in [0.717, 1.165) is 57.8 Å². The molecule has 0 bridgehead atoms. The van der Waals surface area contributed by atoms with Gasteiger partial charge >= 0.3 is 0 Å². The van der Waals surface area contributed by atoms with Crippen molar-refractivity contribution in [1.29, 1.82) is 0 Å². The number of rotatable bonds is 3. The van der Waals surface area contributed by atoms with Gasteiger partial charge in [0.2, 0.25) is 0 Å². The molecule has 4 nitrogen and oxygen atoms in total. The second kappa shape index (κ2) is 6.70. The molecule has 0 spiro atoms. The van der Waals surface area contributed by atoms with Crippen molar-refractivity contribution in [2.75, 3.05) is 39.4 Å². The Hall–Kier alpha value is -0.910. The summed E-state index contributed by atoms with van der Waals surface area (Å²) < 4.78 is 5.40. The minimum atomic E-state index is 0.212. The monoisotopic (exact) mass is 294 g/mol. The van der Waals surface area contributed by atoms with E-state index in [-0.39, 0.29) is 5.91 Å². The van der Waals surface area contributed by atoms with Gasteiger partial charge in [0.25, 0.3) is 5.91 Å². The number of morpholine rings is 1. The SMILES string of the molecule is O=C(c1ccsc1)N1CCCCC1CN1CCOCC1. The third-order valence-corrected chi connectivity index (χ3v) is 4.91. The Morgan fingerprint density at radius 1 is 1.30 bits per heavy atom. The molecule has 0 aromatic carbocycles. The highest BCUT2D eigenvalue weighted by Gasteiger charge is 2.29. The Bertz CT molecular complexity index is 429. The average molecular weight is 294 g/mol. The molecule has 1 unspecified atom stereocenters. The van der Waals surface area contributed by atoms with Crippen LogP contribution in [-0.4, -0.2) is 61.1 Å². The zero-order valence-electron chi connectivity index (χ0n) is 11.8. The fourth-order valence-corrected chi connectivity index (χ4v) is 3.72. The molecule has 0 radical (unpaired) electrons. The number of carbonyl (C=O) groups is 1. The van der Waals surface area contributed by atoms with Gasteiger partial charge in [0.05, 0.1) is 18.8 Å². The van der Waals surface area contributed by atoms with Crippen molar-refractivity contribution in [2.24, 2.45) is 0 Å². The van der Waals surface area contributed by atoms with Crippen LogP contribution in [0.3, 0.4) is 0 Å². The summed E-state index contributed by atoms with van der Waals surface area (Å²) in [4.78, 5) is 17.1. The molecule has 1 aromatic rings. The Morgan fingerprint density at radius 2 is 2.15 bits per heavy atom. The first-order chi connectivity index (χ1) is 9.84. The lowest BCUT2D eigenvalue weighted by Crippen LogP contribution is -2.51. The van der Waals surface area contributed by atoms with Crippen LogP contribution in [0.1, 0.15) is 29.6 Å². The molecule has 0 saturated carbocycles. The van der Waals surface area contributed by atoms with Crippen LogP contribution in [-0.2, 0) is 4.74 Å². The van der Waals surface area contributed by atoms with E-state index < -0.39 is 0 Å². The van der Waals surface area contributed by atoms with Gasteiger partial charge in [0.1, 0.15) is 0 Å². The van der Waals surface area contributed by atoms with E-state index in [4.69, 9.17) is 4.74 Å². The molecule has 3 heterocycles. The molecule has 1 amide bonds. The predicted octanol–water partition coefficient (Wildman–Crippen LogP) is 2.08. The van der Waals surface area contributed by atoms with Crippen LogP contribution < -0.4 is 0 Å². The molecule has 20 heavy (non-hydrogen) atoms. The Kier molecular flexibility index (Phi) is 4.70. The third-order valence-electron chi connectivity index (χ3n) is 4.23. The Morgan fingerprint density at radius 3 is 2.90 bits per heavy atom. The van der Waals surface area contributed by atoms with Crippen molar-refractivity contribution in [3.8, 4) is 0 Å². The molecule has 2 aliphatic heterocycles. The summed E-state index contributed by atoms with van der Waals surface area (Å²) in [5.41, 5.74) is 0.851. The van der Waals surface area contributed by atoms with Gasteiger partial charge < -0.3 is 9.64 Å². The molecule has 2 aliphatic rings. The van der Waals surface area contributed by atoms with Gasteiger partial charge in [-0.3, -0.25) is 9.69 Å². The van der Waals surface area contributed by atoms with Crippen LogP contribution >= 0.6 is 11.3 Å². The summed E-state index contributed by atoms with van der Waals surface area (Å²) in [7, 11) is 0. The number of hydrogen-bond donors (Lipinski definition) is 0. The van der Waals surface area contributed by atoms with E-state index in [2.05, 4.69) is 9.80 Å². The van der Waals surface area contributed by atoms with Crippen molar-refractivity contribution in [1.82, 2.24) is 9.80 Å². The van der Waals surface area contributed by atoms with Crippen molar-refractivity contribution < 1.29 is 9.53 Å². The van der Waals surface area contributed by atoms with Gasteiger partial charge in [0, 0.05) is 37.6 Å². The summed E-state index contributed by atoms with van der Waals surface area (Å²) in [5, 5.41) is 3.94. The summed E-state index contributed by atoms with van der Waals surface area (Å²) >= 11 is 1.59. The van der Waals surface area contributed by atoms with Crippen molar-refractivity contribution in [2.45, 2.75) is 25.3 Å². The number of thiophene rings is 1. The highest BCUT2D eigenvalue weighted by atomic mass is 32.1. The number of hydrogen-bond acceptors (Lipinski definition) is 4. The molecule has 1 atom stereocenters. The minimum absolute atomic E-state index is 0.212. The lowest BCUT2D eigenvalue weighted by molar-refractivity contribution is 0.0166. The summed E-state index contributed by atoms with van der Waals surface area (Å²) in [6.07, 6.45) is 3.51. The molecule has 2 fully saturated rings. The summed E-state index contributed by atoms with van der Waals surface area (Å²) in [6, 6.07) is 2.31. The first-order valence-corrected chi connectivity index (χ1v) is 8.42. The second-order valence-corrected chi connectivity index (χ2v) is 6.35. The van der Waals surface area contributed by atoms with E-state index >= 15 is 0 Å². The first kappa shape index (κ1) is 14.0. The molecule has 2 saturated heterocycles. The molecule has 0 aliphatic carbocycles. The fraction of sp³-hybridized carbons (Fsp3) is 0.667. The number of amides is 1. The summed E-state index contributed by atoms with van der Waals surface area (Å²) in [5.74, 6) is 0.212. The zero-order valence-corrected chi connectivity index (χ0v) is 12.6. The molecule has 110 valence electrons. The van der Waals surface area contributed by atoms with Gasteiger partial charge in [-0.1, -0.05) is 0 Å². The van der Waals surface area contributed by atoms with E-state index in [9.17, 15) is 4.79 Å². The van der Waals surface area contributed by atoms with E-state index in [1.807, 2.05) is 16.8 Å². The number of piperidine rings is 1. The first-order valence-electron chi connectivity index (χ1n) is 7.48. The Labute approximate surface area is 124 Å². The van der Waals surface area contributed by atoms with Gasteiger partial charge in [0.15, 0.2) is 0 Å². The predicted molar refractivity (Wildman–Crippen MR) is 80.3 cm³/mol. The molecular formula is C15H22N2O2S. The average Bonchev–Trinajstić information content (AvgIpc) is 3.02. The third kappa shape index (κ3) is 3.22. The maximum absolute atomic E-state index is 12.6. The van der Waals surface area contributed by atoms with Crippen LogP contribution in [0, 0.1) is 0 Å². The van der Waals surface area contributed by atoms with Crippen LogP contribution in [0.4, 0.5) is 0 Å². The van der Waals surface area contributed by atoms with Gasteiger partial charge in [-0.15, -0.1) is 0 Å². The quantitative estimate of drug-likeness (QED) is 0.855. The highest BCUT2D eigenvalue weighted by molar-refractivity contribution is 7.08. The standard InChI is InChI=1S/C15H22N2O2S/c18-15(13-4-10-20-12-13)17-5-2-1-3-14(17)11-16-6-8-19-9-7-16/h4,10,12,14H,1-3,5-9,11H2. The molecular weight excluding hydrogens is 272 g/mol. The van der Waals surface area contributed by atoms with Gasteiger partial charge in [-0.25, -0.2) is 0 Å². The van der Waals surface area contributed by atoms with E-state index in [0.29, 0.717) is 6.04 Å². The second-order valence-electron chi connectivity index (χ2n) is 5.57. The van der Waals surface area contributed by atoms with Crippen molar-refractivity contribution >= 4 is 17.2 Å². The number of carbonyl (C=O) groups excluding carboxylic acids is 1. The molecule has 5 heteroatoms. The maximum Gasteiger partial charge on any atom is 0.254 e. The van der Waals surface area contributed by atoms with Gasteiger partial charge in [-0.05, 0) is 30.7 Å². The van der Waals surface area contributed by atoms with Crippen LogP contribution in [0.5, 0.6) is 0 Å². The normalized spacial score (nSPS) is 24.8. The maximum atomic E-state index is 12.6. The Balaban J connectivity index is 1.65. The van der Waals surface area contributed by atoms with Crippen LogP contribution in [0.2, 0.25) is 0 Å². The zero-order chi connectivity index (χ0) is 13.8. The molecule has 1 aromatic heterocycles. The minimum Gasteiger partial charge on any atom is -0.379 e. The van der Waals surface area contributed by atoms with Crippen molar-refractivity contribution in [3.63, 3.8) is 0 Å². The number of likely N-dealkylation sites (tertiary alicyclic amines) is 1. The van der Waals surface area contributed by atoms with E-state index in [1.54, 1.807) is 11.3 Å². The topological polar surface area (TPSA) is 32.8 Å². The summed E-state index contributed by atoms with van der Waals surface area (Å²) in [6.45, 7) is 5.55. The molecule has 3 rings (SSSR count). The highest BCUT2D eigenvalue weighted by Crippen LogP contribution is 2.21. The van der Waals surface area contributed by atoms with Gasteiger partial charge in [-0.2, -0.15) is 11.3 Å².